The van der Waals surface area contributed by atoms with Crippen LogP contribution in [0, 0.1) is 5.82 Å². The van der Waals surface area contributed by atoms with Crippen LogP contribution in [0.1, 0.15) is 25.0 Å². The number of hydrogen-bond donors (Lipinski definition) is 3. The Morgan fingerprint density at radius 3 is 2.33 bits per heavy atom. The Morgan fingerprint density at radius 1 is 1.22 bits per heavy atom. The van der Waals surface area contributed by atoms with E-state index in [4.69, 9.17) is 9.84 Å². The van der Waals surface area contributed by atoms with Gasteiger partial charge in [-0.25, -0.2) is 4.39 Å². The lowest BCUT2D eigenvalue weighted by molar-refractivity contribution is -0.138. The fourth-order valence-electron chi connectivity index (χ4n) is 2.77. The maximum atomic E-state index is 14.2. The highest BCUT2D eigenvalue weighted by Gasteiger charge is 2.12. The number of benzene rings is 2. The van der Waals surface area contributed by atoms with E-state index in [0.717, 1.165) is 18.4 Å². The quantitative estimate of drug-likeness (QED) is 0.617. The van der Waals surface area contributed by atoms with Gasteiger partial charge in [-0.2, -0.15) is 12.6 Å². The summed E-state index contributed by atoms with van der Waals surface area (Å²) >= 11 is 3.79. The summed E-state index contributed by atoms with van der Waals surface area (Å²) < 4.78 is 19.2. The highest BCUT2D eigenvalue weighted by atomic mass is 32.1. The first-order valence-corrected chi connectivity index (χ1v) is 9.52. The molecule has 148 valence electrons. The van der Waals surface area contributed by atoms with Gasteiger partial charge >= 0.3 is 5.97 Å². The van der Waals surface area contributed by atoms with Crippen LogP contribution in [0.15, 0.2) is 36.4 Å². The van der Waals surface area contributed by atoms with Crippen molar-refractivity contribution in [2.45, 2.75) is 32.7 Å². The lowest BCUT2D eigenvalue weighted by atomic mass is 9.92. The van der Waals surface area contributed by atoms with Crippen LogP contribution in [0.25, 0.3) is 11.1 Å². The molecule has 0 unspecified atom stereocenters. The maximum Gasteiger partial charge on any atom is 0.321 e. The zero-order chi connectivity index (χ0) is 20.4. The normalized spacial score (nSPS) is 11.3. The molecule has 0 heterocycles. The van der Waals surface area contributed by atoms with E-state index in [1.54, 1.807) is 26.3 Å². The highest BCUT2D eigenvalue weighted by molar-refractivity contribution is 7.80. The van der Waals surface area contributed by atoms with Gasteiger partial charge < -0.3 is 15.2 Å². The second-order valence-corrected chi connectivity index (χ2v) is 6.22. The maximum absolute atomic E-state index is 14.2. The van der Waals surface area contributed by atoms with Crippen molar-refractivity contribution in [2.24, 2.45) is 0 Å². The summed E-state index contributed by atoms with van der Waals surface area (Å²) in [5, 5.41) is 10.8. The number of ether oxygens (including phenoxy) is 1. The summed E-state index contributed by atoms with van der Waals surface area (Å²) in [7, 11) is 3.14. The lowest BCUT2D eigenvalue weighted by Gasteiger charge is -2.14. The molecule has 2 rings (SSSR count). The number of hydrogen-bond acceptors (Lipinski definition) is 4. The molecule has 0 fully saturated rings. The molecular formula is C21H28FNO3S. The number of rotatable bonds is 7. The summed E-state index contributed by atoms with van der Waals surface area (Å²) in [6.07, 6.45) is 1.87. The second-order valence-electron chi connectivity index (χ2n) is 5.86. The number of carbonyl (C=O) groups is 1. The van der Waals surface area contributed by atoms with Crippen LogP contribution in [-0.2, 0) is 17.6 Å². The van der Waals surface area contributed by atoms with Gasteiger partial charge in [0.15, 0.2) is 0 Å². The van der Waals surface area contributed by atoms with Crippen molar-refractivity contribution in [3.05, 3.63) is 53.3 Å². The summed E-state index contributed by atoms with van der Waals surface area (Å²) in [6.45, 7) is 4.24. The molecule has 0 radical (unpaired) electrons. The van der Waals surface area contributed by atoms with Crippen LogP contribution < -0.4 is 10.1 Å². The van der Waals surface area contributed by atoms with Gasteiger partial charge in [0.2, 0.25) is 0 Å². The van der Waals surface area contributed by atoms with Crippen molar-refractivity contribution in [2.75, 3.05) is 19.9 Å². The minimum Gasteiger partial charge on any atom is -0.497 e. The van der Waals surface area contributed by atoms with E-state index in [-0.39, 0.29) is 5.82 Å². The van der Waals surface area contributed by atoms with Crippen molar-refractivity contribution in [3.8, 4) is 16.9 Å². The molecule has 0 aliphatic rings. The van der Waals surface area contributed by atoms with Crippen molar-refractivity contribution in [1.82, 2.24) is 5.32 Å². The fraction of sp³-hybridized carbons (Fsp3) is 0.381. The number of likely N-dealkylation sites (N-methyl/N-ethyl adjacent to an activating group) is 1. The Morgan fingerprint density at radius 2 is 1.93 bits per heavy atom. The standard InChI is InChI=1S/C17H19FO.C4H9NO2S/c1-4-12-7-6-8-15(14(12)5-2)16-10-9-13(19-3)11-17(16)18;1-5-3(2-8)4(6)7/h6-11H,4-5H2,1-3H3;3,5,8H,2H2,1H3,(H,6,7)/t;3-/m.1/s1. The number of nitrogens with one attached hydrogen (secondary N) is 1. The predicted molar refractivity (Wildman–Crippen MR) is 111 cm³/mol. The van der Waals surface area contributed by atoms with E-state index in [2.05, 4.69) is 37.9 Å². The van der Waals surface area contributed by atoms with Crippen molar-refractivity contribution in [3.63, 3.8) is 0 Å². The summed E-state index contributed by atoms with van der Waals surface area (Å²) in [4.78, 5) is 10.1. The van der Waals surface area contributed by atoms with E-state index in [1.165, 1.54) is 17.2 Å². The molecule has 0 aromatic heterocycles. The van der Waals surface area contributed by atoms with Gasteiger partial charge in [0.1, 0.15) is 17.6 Å². The first kappa shape index (κ1) is 23.0. The first-order chi connectivity index (χ1) is 12.9. The molecule has 0 saturated carbocycles. The Balaban J connectivity index is 0.000000387. The topological polar surface area (TPSA) is 58.6 Å². The van der Waals surface area contributed by atoms with E-state index in [9.17, 15) is 9.18 Å². The van der Waals surface area contributed by atoms with Crippen LogP contribution in [-0.4, -0.2) is 37.0 Å². The molecule has 0 aliphatic heterocycles. The smallest absolute Gasteiger partial charge is 0.321 e. The molecule has 27 heavy (non-hydrogen) atoms. The Labute approximate surface area is 166 Å². The Bertz CT molecular complexity index is 748. The van der Waals surface area contributed by atoms with E-state index < -0.39 is 12.0 Å². The molecule has 0 aliphatic carbocycles. The summed E-state index contributed by atoms with van der Waals surface area (Å²) in [6, 6.07) is 10.6. The third-order valence-electron chi connectivity index (χ3n) is 4.30. The van der Waals surface area contributed by atoms with Crippen molar-refractivity contribution >= 4 is 18.6 Å². The van der Waals surface area contributed by atoms with Gasteiger partial charge in [-0.15, -0.1) is 0 Å². The number of aliphatic carboxylic acids is 1. The van der Waals surface area contributed by atoms with E-state index in [0.29, 0.717) is 17.1 Å². The average Bonchev–Trinajstić information content (AvgIpc) is 2.68. The molecular weight excluding hydrogens is 365 g/mol. The Hall–Kier alpha value is -2.05. The summed E-state index contributed by atoms with van der Waals surface area (Å²) in [5.74, 6) is -0.220. The Kier molecular flexibility index (Phi) is 9.89. The number of carboxylic acids is 1. The fourth-order valence-corrected chi connectivity index (χ4v) is 3.11. The zero-order valence-electron chi connectivity index (χ0n) is 16.3. The SMILES string of the molecule is CCc1cccc(-c2ccc(OC)cc2F)c1CC.CN[C@H](CS)C(=O)O. The molecule has 0 saturated heterocycles. The minimum absolute atomic E-state index is 0.234. The third kappa shape index (κ3) is 6.26. The first-order valence-electron chi connectivity index (χ1n) is 8.88. The zero-order valence-corrected chi connectivity index (χ0v) is 17.1. The van der Waals surface area contributed by atoms with Crippen LogP contribution >= 0.6 is 12.6 Å². The van der Waals surface area contributed by atoms with Crippen LogP contribution in [0.4, 0.5) is 4.39 Å². The molecule has 0 spiro atoms. The highest BCUT2D eigenvalue weighted by Crippen LogP contribution is 2.31. The van der Waals surface area contributed by atoms with E-state index in [1.807, 2.05) is 12.1 Å². The van der Waals surface area contributed by atoms with Gasteiger partial charge in [-0.1, -0.05) is 32.0 Å². The summed E-state index contributed by atoms with van der Waals surface area (Å²) in [5.41, 5.74) is 4.15. The molecule has 0 amide bonds. The van der Waals surface area contributed by atoms with Gasteiger partial charge in [0.05, 0.1) is 7.11 Å². The number of thiol groups is 1. The molecule has 2 N–H and O–H groups in total. The third-order valence-corrected chi connectivity index (χ3v) is 4.67. The number of halogens is 1. The largest absolute Gasteiger partial charge is 0.497 e. The minimum atomic E-state index is -0.859. The number of methoxy groups -OCH3 is 1. The molecule has 6 heteroatoms. The number of carboxylic acid groups (broad SMARTS) is 1. The van der Waals surface area contributed by atoms with Crippen LogP contribution in [0.3, 0.4) is 0 Å². The van der Waals surface area contributed by atoms with Crippen molar-refractivity contribution < 1.29 is 19.0 Å². The van der Waals surface area contributed by atoms with Gasteiger partial charge in [0, 0.05) is 17.4 Å². The molecule has 2 aromatic carbocycles. The molecule has 1 atom stereocenters. The van der Waals surface area contributed by atoms with Crippen molar-refractivity contribution in [1.29, 1.82) is 0 Å². The predicted octanol–water partition coefficient (Wildman–Crippen LogP) is 4.21. The second kappa shape index (κ2) is 11.6. The van der Waals surface area contributed by atoms with Gasteiger partial charge in [-0.05, 0) is 48.7 Å². The molecule has 0 bridgehead atoms. The van der Waals surface area contributed by atoms with Gasteiger partial charge in [-0.3, -0.25) is 4.79 Å². The van der Waals surface area contributed by atoms with Crippen LogP contribution in [0.2, 0.25) is 0 Å². The average molecular weight is 394 g/mol. The van der Waals surface area contributed by atoms with Gasteiger partial charge in [0.25, 0.3) is 0 Å². The van der Waals surface area contributed by atoms with E-state index >= 15 is 0 Å². The monoisotopic (exact) mass is 393 g/mol. The molecule has 2 aromatic rings. The lowest BCUT2D eigenvalue weighted by Crippen LogP contribution is -2.35. The number of aryl methyl sites for hydroxylation is 1. The van der Waals surface area contributed by atoms with Crippen LogP contribution in [0.5, 0.6) is 5.75 Å². The molecule has 4 nitrogen and oxygen atoms in total.